The summed E-state index contributed by atoms with van der Waals surface area (Å²) < 4.78 is 9.98. The Morgan fingerprint density at radius 1 is 0.974 bits per heavy atom. The Hall–Kier alpha value is -3.96. The first-order chi connectivity index (χ1) is 18.6. The van der Waals surface area contributed by atoms with Crippen LogP contribution in [0.1, 0.15) is 41.4 Å². The molecule has 5 aromatic rings. The second-order valence-corrected chi connectivity index (χ2v) is 10.2. The standard InChI is InChI=1S/C32H30ClN3O2/c1-3-21-11-13-23(14-12-21)29-25-8-6-7-19-35-27(22-15-17-24(33)18-16-22)20-36(32(25)35)30(29)31(37)34-26-9-4-5-10-28(26)38-2/h4-5,9-18,20H,3,6-8,19H2,1-2H3,(H,34,37). The molecule has 1 N–H and O–H groups in total. The number of nitrogens with one attached hydrogen (secondary N) is 1. The Kier molecular flexibility index (Phi) is 6.46. The highest BCUT2D eigenvalue weighted by Crippen LogP contribution is 2.40. The smallest absolute Gasteiger partial charge is 0.273 e. The molecule has 38 heavy (non-hydrogen) atoms. The number of benzene rings is 3. The molecule has 0 fully saturated rings. The second kappa shape index (κ2) is 10.1. The molecule has 3 heterocycles. The number of amides is 1. The van der Waals surface area contributed by atoms with Crippen molar-refractivity contribution in [2.45, 2.75) is 39.2 Å². The average Bonchev–Trinajstić information content (AvgIpc) is 3.36. The Bertz CT molecular complexity index is 1630. The highest BCUT2D eigenvalue weighted by atomic mass is 35.5. The van der Waals surface area contributed by atoms with Crippen LogP contribution in [0.3, 0.4) is 0 Å². The topological polar surface area (TPSA) is 47.7 Å². The number of imidazole rings is 1. The van der Waals surface area contributed by atoms with Gasteiger partial charge in [-0.3, -0.25) is 9.20 Å². The molecule has 6 rings (SSSR count). The summed E-state index contributed by atoms with van der Waals surface area (Å²) in [5, 5.41) is 3.85. The lowest BCUT2D eigenvalue weighted by Crippen LogP contribution is -2.16. The Balaban J connectivity index is 1.60. The lowest BCUT2D eigenvalue weighted by atomic mass is 9.96. The van der Waals surface area contributed by atoms with Crippen LogP contribution in [0.2, 0.25) is 5.02 Å². The summed E-state index contributed by atoms with van der Waals surface area (Å²) in [5.41, 5.74) is 9.10. The number of ether oxygens (including phenoxy) is 1. The SMILES string of the molecule is CCc1ccc(-c2c3c4n(c(-c5ccc(Cl)cc5)cn4c2C(=O)Nc2ccccc2OC)CCCC3)cc1. The summed E-state index contributed by atoms with van der Waals surface area (Å²) in [6, 6.07) is 24.1. The summed E-state index contributed by atoms with van der Waals surface area (Å²) >= 11 is 6.20. The molecule has 0 unspecified atom stereocenters. The first kappa shape index (κ1) is 24.4. The van der Waals surface area contributed by atoms with E-state index in [4.69, 9.17) is 16.3 Å². The van der Waals surface area contributed by atoms with Crippen molar-refractivity contribution in [2.24, 2.45) is 0 Å². The van der Waals surface area contributed by atoms with Crippen molar-refractivity contribution < 1.29 is 9.53 Å². The maximum atomic E-state index is 14.1. The van der Waals surface area contributed by atoms with Gasteiger partial charge in [-0.25, -0.2) is 0 Å². The minimum absolute atomic E-state index is 0.161. The van der Waals surface area contributed by atoms with E-state index in [2.05, 4.69) is 51.7 Å². The predicted octanol–water partition coefficient (Wildman–Crippen LogP) is 7.89. The largest absolute Gasteiger partial charge is 0.495 e. The minimum Gasteiger partial charge on any atom is -0.495 e. The van der Waals surface area contributed by atoms with Crippen LogP contribution in [0.5, 0.6) is 5.75 Å². The fourth-order valence-electron chi connectivity index (χ4n) is 5.61. The molecule has 1 aliphatic heterocycles. The first-order valence-corrected chi connectivity index (χ1v) is 13.5. The van der Waals surface area contributed by atoms with Gasteiger partial charge in [-0.2, -0.15) is 0 Å². The number of para-hydroxylation sites is 2. The van der Waals surface area contributed by atoms with E-state index in [9.17, 15) is 4.79 Å². The summed E-state index contributed by atoms with van der Waals surface area (Å²) in [4.78, 5) is 14.1. The van der Waals surface area contributed by atoms with Gasteiger partial charge in [0.25, 0.3) is 5.91 Å². The zero-order chi connectivity index (χ0) is 26.2. The third kappa shape index (κ3) is 4.17. The van der Waals surface area contributed by atoms with Gasteiger partial charge in [-0.05, 0) is 66.6 Å². The van der Waals surface area contributed by atoms with Crippen LogP contribution in [0.25, 0.3) is 28.0 Å². The van der Waals surface area contributed by atoms with Gasteiger partial charge in [-0.1, -0.05) is 67.1 Å². The maximum Gasteiger partial charge on any atom is 0.273 e. The van der Waals surface area contributed by atoms with E-state index in [1.807, 2.05) is 48.5 Å². The number of nitrogens with zero attached hydrogens (tertiary/aromatic N) is 2. The first-order valence-electron chi connectivity index (χ1n) is 13.1. The van der Waals surface area contributed by atoms with E-state index in [1.165, 1.54) is 11.1 Å². The molecule has 0 spiro atoms. The van der Waals surface area contributed by atoms with Gasteiger partial charge in [0.05, 0.1) is 18.5 Å². The molecule has 1 aliphatic rings. The molecule has 0 atom stereocenters. The summed E-state index contributed by atoms with van der Waals surface area (Å²) in [5.74, 6) is 0.467. The Labute approximate surface area is 227 Å². The molecule has 1 amide bonds. The molecule has 0 bridgehead atoms. The number of aromatic nitrogens is 2. The van der Waals surface area contributed by atoms with Crippen molar-refractivity contribution in [1.82, 2.24) is 8.97 Å². The normalized spacial score (nSPS) is 12.9. The van der Waals surface area contributed by atoms with Gasteiger partial charge >= 0.3 is 0 Å². The number of hydrogen-bond donors (Lipinski definition) is 1. The molecule has 192 valence electrons. The van der Waals surface area contributed by atoms with Gasteiger partial charge < -0.3 is 14.6 Å². The second-order valence-electron chi connectivity index (χ2n) is 9.73. The molecule has 6 heteroatoms. The van der Waals surface area contributed by atoms with E-state index in [-0.39, 0.29) is 5.91 Å². The van der Waals surface area contributed by atoms with E-state index in [0.29, 0.717) is 22.2 Å². The summed E-state index contributed by atoms with van der Waals surface area (Å²) in [7, 11) is 1.61. The lowest BCUT2D eigenvalue weighted by Gasteiger charge is -2.12. The Morgan fingerprint density at radius 2 is 1.71 bits per heavy atom. The number of rotatable bonds is 6. The third-order valence-corrected chi connectivity index (χ3v) is 7.75. The highest BCUT2D eigenvalue weighted by molar-refractivity contribution is 6.30. The van der Waals surface area contributed by atoms with Crippen molar-refractivity contribution >= 4 is 28.8 Å². The maximum absolute atomic E-state index is 14.1. The molecule has 0 radical (unpaired) electrons. The molecule has 3 aromatic carbocycles. The monoisotopic (exact) mass is 523 g/mol. The zero-order valence-electron chi connectivity index (χ0n) is 21.6. The van der Waals surface area contributed by atoms with Gasteiger partial charge in [0.15, 0.2) is 0 Å². The number of hydrogen-bond acceptors (Lipinski definition) is 2. The van der Waals surface area contributed by atoms with Crippen LogP contribution in [0.4, 0.5) is 5.69 Å². The van der Waals surface area contributed by atoms with Crippen LogP contribution in [0.15, 0.2) is 79.0 Å². The van der Waals surface area contributed by atoms with Gasteiger partial charge in [-0.15, -0.1) is 0 Å². The van der Waals surface area contributed by atoms with E-state index < -0.39 is 0 Å². The molecule has 2 aromatic heterocycles. The Morgan fingerprint density at radius 3 is 2.45 bits per heavy atom. The fourth-order valence-corrected chi connectivity index (χ4v) is 5.73. The molecular weight excluding hydrogens is 494 g/mol. The number of halogens is 1. The quantitative estimate of drug-likeness (QED) is 0.246. The van der Waals surface area contributed by atoms with Crippen molar-refractivity contribution in [1.29, 1.82) is 0 Å². The third-order valence-electron chi connectivity index (χ3n) is 7.50. The number of carbonyl (C=O) groups is 1. The van der Waals surface area contributed by atoms with Gasteiger partial charge in [0.1, 0.15) is 17.1 Å². The van der Waals surface area contributed by atoms with Crippen molar-refractivity contribution in [3.8, 4) is 28.1 Å². The van der Waals surface area contributed by atoms with Crippen LogP contribution in [-0.2, 0) is 19.4 Å². The molecule has 0 saturated heterocycles. The van der Waals surface area contributed by atoms with Gasteiger partial charge in [0, 0.05) is 28.9 Å². The molecule has 0 aliphatic carbocycles. The van der Waals surface area contributed by atoms with Crippen molar-refractivity contribution in [3.63, 3.8) is 0 Å². The van der Waals surface area contributed by atoms with Crippen LogP contribution < -0.4 is 10.1 Å². The molecule has 0 saturated carbocycles. The predicted molar refractivity (Wildman–Crippen MR) is 155 cm³/mol. The average molecular weight is 524 g/mol. The van der Waals surface area contributed by atoms with E-state index in [1.54, 1.807) is 7.11 Å². The zero-order valence-corrected chi connectivity index (χ0v) is 22.4. The van der Waals surface area contributed by atoms with Crippen molar-refractivity contribution in [2.75, 3.05) is 12.4 Å². The lowest BCUT2D eigenvalue weighted by molar-refractivity contribution is 0.102. The van der Waals surface area contributed by atoms with Crippen molar-refractivity contribution in [3.05, 3.63) is 101 Å². The number of carbonyl (C=O) groups excluding carboxylic acids is 1. The van der Waals surface area contributed by atoms with Gasteiger partial charge in [0.2, 0.25) is 0 Å². The minimum atomic E-state index is -0.161. The van der Waals surface area contributed by atoms with E-state index >= 15 is 0 Å². The van der Waals surface area contributed by atoms with Crippen LogP contribution >= 0.6 is 11.6 Å². The molecule has 5 nitrogen and oxygen atoms in total. The molecular formula is C32H30ClN3O2. The van der Waals surface area contributed by atoms with E-state index in [0.717, 1.165) is 60.3 Å². The number of anilines is 1. The summed E-state index contributed by atoms with van der Waals surface area (Å²) in [6.07, 6.45) is 6.14. The highest BCUT2D eigenvalue weighted by Gasteiger charge is 2.30. The number of methoxy groups -OCH3 is 1. The fraction of sp³-hybridized carbons (Fsp3) is 0.219. The van der Waals surface area contributed by atoms with Crippen LogP contribution in [0, 0.1) is 0 Å². The number of aryl methyl sites for hydroxylation is 3. The summed E-state index contributed by atoms with van der Waals surface area (Å²) in [6.45, 7) is 3.05. The van der Waals surface area contributed by atoms with Crippen LogP contribution in [-0.4, -0.2) is 22.0 Å².